The third-order valence-corrected chi connectivity index (χ3v) is 4.58. The lowest BCUT2D eigenvalue weighted by molar-refractivity contribution is -0.155. The van der Waals surface area contributed by atoms with Crippen molar-refractivity contribution >= 4 is 5.78 Å². The first-order chi connectivity index (χ1) is 7.17. The van der Waals surface area contributed by atoms with E-state index in [9.17, 15) is 4.79 Å². The largest absolute Gasteiger partial charge is 0.298 e. The van der Waals surface area contributed by atoms with Gasteiger partial charge in [-0.25, -0.2) is 0 Å². The van der Waals surface area contributed by atoms with Crippen LogP contribution >= 0.6 is 0 Å². The van der Waals surface area contributed by atoms with Crippen molar-refractivity contribution in [2.75, 3.05) is 13.1 Å². The van der Waals surface area contributed by atoms with Gasteiger partial charge >= 0.3 is 0 Å². The van der Waals surface area contributed by atoms with Crippen molar-refractivity contribution in [2.45, 2.75) is 59.4 Å². The third-order valence-electron chi connectivity index (χ3n) is 4.58. The molecule has 2 aliphatic rings. The number of hydrogen-bond acceptors (Lipinski definition) is 2. The SMILES string of the molecule is CC12CCCC(C)(CN(C(C)(C)C)C1)C2=O. The van der Waals surface area contributed by atoms with Crippen LogP contribution in [0.3, 0.4) is 0 Å². The summed E-state index contributed by atoms with van der Waals surface area (Å²) in [6.07, 6.45) is 3.37. The molecule has 1 aliphatic carbocycles. The summed E-state index contributed by atoms with van der Waals surface area (Å²) in [6, 6.07) is 0. The molecule has 1 saturated heterocycles. The summed E-state index contributed by atoms with van der Waals surface area (Å²) >= 11 is 0. The summed E-state index contributed by atoms with van der Waals surface area (Å²) in [7, 11) is 0. The second-order valence-corrected chi connectivity index (χ2v) is 7.33. The number of likely N-dealkylation sites (tertiary alicyclic amines) is 1. The van der Waals surface area contributed by atoms with Gasteiger partial charge in [-0.1, -0.05) is 20.3 Å². The predicted octanol–water partition coefficient (Wildman–Crippen LogP) is 2.87. The minimum absolute atomic E-state index is 0.0848. The first-order valence-corrected chi connectivity index (χ1v) is 6.47. The van der Waals surface area contributed by atoms with E-state index >= 15 is 0 Å². The van der Waals surface area contributed by atoms with Crippen LogP contribution in [-0.2, 0) is 4.79 Å². The molecule has 2 heteroatoms. The summed E-state index contributed by atoms with van der Waals surface area (Å²) in [6.45, 7) is 13.0. The lowest BCUT2D eigenvalue weighted by atomic mass is 9.59. The van der Waals surface area contributed by atoms with Crippen LogP contribution in [0.15, 0.2) is 0 Å². The Balaban J connectivity index is 2.33. The van der Waals surface area contributed by atoms with Gasteiger partial charge in [0, 0.05) is 29.5 Å². The van der Waals surface area contributed by atoms with E-state index in [1.54, 1.807) is 0 Å². The van der Waals surface area contributed by atoms with Crippen molar-refractivity contribution in [3.8, 4) is 0 Å². The van der Waals surface area contributed by atoms with E-state index in [4.69, 9.17) is 0 Å². The summed E-state index contributed by atoms with van der Waals surface area (Å²) in [5.41, 5.74) is 0.0115. The number of Topliss-reactive ketones (excluding diaryl/α,β-unsaturated/α-hetero) is 1. The molecule has 1 saturated carbocycles. The molecule has 92 valence electrons. The van der Waals surface area contributed by atoms with E-state index < -0.39 is 0 Å². The van der Waals surface area contributed by atoms with E-state index in [0.717, 1.165) is 25.9 Å². The van der Waals surface area contributed by atoms with Gasteiger partial charge in [-0.05, 0) is 33.6 Å². The average Bonchev–Trinajstić information content (AvgIpc) is 2.09. The number of nitrogens with zero attached hydrogens (tertiary/aromatic N) is 1. The number of piperidine rings is 1. The van der Waals surface area contributed by atoms with Crippen molar-refractivity contribution in [2.24, 2.45) is 10.8 Å². The van der Waals surface area contributed by atoms with Crippen LogP contribution in [-0.4, -0.2) is 29.3 Å². The topological polar surface area (TPSA) is 20.3 Å². The smallest absolute Gasteiger partial charge is 0.147 e. The Morgan fingerprint density at radius 3 is 1.88 bits per heavy atom. The number of fused-ring (bicyclic) bond motifs is 2. The van der Waals surface area contributed by atoms with E-state index in [-0.39, 0.29) is 16.4 Å². The van der Waals surface area contributed by atoms with Gasteiger partial charge in [0.1, 0.15) is 5.78 Å². The zero-order chi connectivity index (χ0) is 12.2. The Bertz CT molecular complexity index is 295. The van der Waals surface area contributed by atoms with Gasteiger partial charge in [-0.3, -0.25) is 9.69 Å². The molecule has 0 N–H and O–H groups in total. The van der Waals surface area contributed by atoms with Crippen molar-refractivity contribution in [1.29, 1.82) is 0 Å². The number of hydrogen-bond donors (Lipinski definition) is 0. The zero-order valence-electron chi connectivity index (χ0n) is 11.4. The quantitative estimate of drug-likeness (QED) is 0.629. The molecule has 0 aromatic carbocycles. The molecular weight excluding hydrogens is 198 g/mol. The first-order valence-electron chi connectivity index (χ1n) is 6.47. The summed E-state index contributed by atoms with van der Waals surface area (Å²) in [4.78, 5) is 15.0. The monoisotopic (exact) mass is 223 g/mol. The molecule has 2 unspecified atom stereocenters. The van der Waals surface area contributed by atoms with Gasteiger partial charge < -0.3 is 0 Å². The molecule has 2 bridgehead atoms. The fourth-order valence-electron chi connectivity index (χ4n) is 3.50. The second kappa shape index (κ2) is 3.32. The van der Waals surface area contributed by atoms with Crippen LogP contribution in [0.4, 0.5) is 0 Å². The normalized spacial score (nSPS) is 41.2. The third kappa shape index (κ3) is 1.71. The molecule has 1 aliphatic heterocycles. The van der Waals surface area contributed by atoms with Gasteiger partial charge in [-0.2, -0.15) is 0 Å². The first kappa shape index (κ1) is 12.1. The predicted molar refractivity (Wildman–Crippen MR) is 66.4 cm³/mol. The number of carbonyl (C=O) groups excluding carboxylic acids is 1. The Kier molecular flexibility index (Phi) is 2.51. The van der Waals surface area contributed by atoms with Gasteiger partial charge in [0.2, 0.25) is 0 Å². The molecule has 0 amide bonds. The van der Waals surface area contributed by atoms with Crippen molar-refractivity contribution in [3.05, 3.63) is 0 Å². The van der Waals surface area contributed by atoms with Crippen molar-refractivity contribution < 1.29 is 4.79 Å². The number of carbonyl (C=O) groups is 1. The molecule has 2 rings (SSSR count). The molecule has 0 aromatic rings. The highest BCUT2D eigenvalue weighted by Gasteiger charge is 2.54. The van der Waals surface area contributed by atoms with Crippen LogP contribution < -0.4 is 0 Å². The van der Waals surface area contributed by atoms with Crippen LogP contribution in [0.1, 0.15) is 53.9 Å². The standard InChI is InChI=1S/C14H25NO/c1-12(2,3)15-9-13(4)7-6-8-14(5,10-15)11(13)16/h6-10H2,1-5H3. The molecule has 2 nitrogen and oxygen atoms in total. The Morgan fingerprint density at radius 1 is 1.06 bits per heavy atom. The molecule has 0 radical (unpaired) electrons. The van der Waals surface area contributed by atoms with Gasteiger partial charge in [0.25, 0.3) is 0 Å². The molecule has 16 heavy (non-hydrogen) atoms. The van der Waals surface area contributed by atoms with E-state index in [1.807, 2.05) is 0 Å². The lowest BCUT2D eigenvalue weighted by Gasteiger charge is -2.55. The van der Waals surface area contributed by atoms with Crippen LogP contribution in [0.2, 0.25) is 0 Å². The highest BCUT2D eigenvalue weighted by Crippen LogP contribution is 2.48. The van der Waals surface area contributed by atoms with Crippen LogP contribution in [0, 0.1) is 10.8 Å². The molecule has 2 fully saturated rings. The Morgan fingerprint density at radius 2 is 1.50 bits per heavy atom. The zero-order valence-corrected chi connectivity index (χ0v) is 11.4. The molecule has 1 heterocycles. The van der Waals surface area contributed by atoms with Gasteiger partial charge in [0.05, 0.1) is 0 Å². The molecule has 0 spiro atoms. The summed E-state index contributed by atoms with van der Waals surface area (Å²) in [5.74, 6) is 0.520. The van der Waals surface area contributed by atoms with Crippen molar-refractivity contribution in [1.82, 2.24) is 4.90 Å². The lowest BCUT2D eigenvalue weighted by Crippen LogP contribution is -2.63. The van der Waals surface area contributed by atoms with Crippen molar-refractivity contribution in [3.63, 3.8) is 0 Å². The molecule has 2 atom stereocenters. The number of rotatable bonds is 0. The van der Waals surface area contributed by atoms with Crippen LogP contribution in [0.5, 0.6) is 0 Å². The van der Waals surface area contributed by atoms with E-state index in [2.05, 4.69) is 39.5 Å². The maximum absolute atomic E-state index is 12.5. The molecular formula is C14H25NO. The molecule has 0 aromatic heterocycles. The maximum atomic E-state index is 12.5. The average molecular weight is 223 g/mol. The summed E-state index contributed by atoms with van der Waals surface area (Å²) < 4.78 is 0. The van der Waals surface area contributed by atoms with E-state index in [0.29, 0.717) is 5.78 Å². The van der Waals surface area contributed by atoms with Gasteiger partial charge in [-0.15, -0.1) is 0 Å². The number of ketones is 1. The second-order valence-electron chi connectivity index (χ2n) is 7.33. The summed E-state index contributed by atoms with van der Waals surface area (Å²) in [5, 5.41) is 0. The maximum Gasteiger partial charge on any atom is 0.147 e. The fourth-order valence-corrected chi connectivity index (χ4v) is 3.50. The minimum Gasteiger partial charge on any atom is -0.298 e. The fraction of sp³-hybridized carbons (Fsp3) is 0.929. The highest BCUT2D eigenvalue weighted by molar-refractivity contribution is 5.91. The minimum atomic E-state index is -0.0848. The van der Waals surface area contributed by atoms with Crippen LogP contribution in [0.25, 0.3) is 0 Å². The van der Waals surface area contributed by atoms with E-state index in [1.165, 1.54) is 6.42 Å². The Labute approximate surface area is 99.4 Å². The van der Waals surface area contributed by atoms with Gasteiger partial charge in [0.15, 0.2) is 0 Å². The Hall–Kier alpha value is -0.370. The highest BCUT2D eigenvalue weighted by atomic mass is 16.1.